The zero-order chi connectivity index (χ0) is 21.4. The van der Waals surface area contributed by atoms with Gasteiger partial charge in [-0.3, -0.25) is 9.10 Å². The molecule has 0 saturated carbocycles. The van der Waals surface area contributed by atoms with Gasteiger partial charge < -0.3 is 10.1 Å². The second kappa shape index (κ2) is 10.1. The Hall–Kier alpha value is -2.87. The fraction of sp³-hybridized carbons (Fsp3) is 0.333. The maximum atomic E-state index is 13.3. The van der Waals surface area contributed by atoms with Crippen molar-refractivity contribution < 1.29 is 22.7 Å². The fourth-order valence-electron chi connectivity index (χ4n) is 2.74. The number of ether oxygens (including phenoxy) is 1. The number of sulfonamides is 1. The molecule has 1 amide bonds. The van der Waals surface area contributed by atoms with Crippen LogP contribution in [0.2, 0.25) is 0 Å². The van der Waals surface area contributed by atoms with Crippen LogP contribution in [-0.2, 0) is 19.6 Å². The first kappa shape index (κ1) is 22.4. The molecule has 1 N–H and O–H groups in total. The van der Waals surface area contributed by atoms with Crippen molar-refractivity contribution in [1.29, 1.82) is 0 Å². The molecule has 0 atom stereocenters. The highest BCUT2D eigenvalue weighted by Crippen LogP contribution is 2.26. The van der Waals surface area contributed by atoms with Crippen molar-refractivity contribution in [3.8, 4) is 0 Å². The second-order valence-electron chi connectivity index (χ2n) is 6.41. The minimum absolute atomic E-state index is 0.0214. The molecule has 0 aliphatic heterocycles. The van der Waals surface area contributed by atoms with Crippen molar-refractivity contribution in [3.05, 3.63) is 59.7 Å². The molecule has 29 heavy (non-hydrogen) atoms. The number of carbonyl (C=O) groups excluding carboxylic acids is 2. The molecular formula is C21H26N2O5S. The van der Waals surface area contributed by atoms with E-state index in [1.165, 1.54) is 16.4 Å². The first-order valence-electron chi connectivity index (χ1n) is 9.43. The molecule has 156 valence electrons. The van der Waals surface area contributed by atoms with E-state index in [9.17, 15) is 18.0 Å². The van der Waals surface area contributed by atoms with Crippen molar-refractivity contribution in [2.75, 3.05) is 24.0 Å². The lowest BCUT2D eigenvalue weighted by atomic mass is 10.1. The zero-order valence-corrected chi connectivity index (χ0v) is 17.7. The Balaban J connectivity index is 2.27. The van der Waals surface area contributed by atoms with E-state index < -0.39 is 28.5 Å². The Labute approximate surface area is 171 Å². The SMILES string of the molecule is CCCNC(=O)COC(=O)c1ccc(C)c(S(=O)(=O)N(CC)c2ccccc2)c1. The Morgan fingerprint density at radius 1 is 1.07 bits per heavy atom. The summed E-state index contributed by atoms with van der Waals surface area (Å²) in [5.41, 5.74) is 1.12. The Bertz CT molecular complexity index is 958. The van der Waals surface area contributed by atoms with E-state index in [-0.39, 0.29) is 17.0 Å². The second-order valence-corrected chi connectivity index (χ2v) is 8.24. The number of aryl methyl sites for hydroxylation is 1. The molecule has 0 aliphatic carbocycles. The quantitative estimate of drug-likeness (QED) is 0.632. The number of amides is 1. The number of nitrogens with one attached hydrogen (secondary N) is 1. The Morgan fingerprint density at radius 3 is 2.38 bits per heavy atom. The number of benzene rings is 2. The van der Waals surface area contributed by atoms with Crippen LogP contribution in [0.4, 0.5) is 5.69 Å². The lowest BCUT2D eigenvalue weighted by molar-refractivity contribution is -0.124. The zero-order valence-electron chi connectivity index (χ0n) is 16.8. The van der Waals surface area contributed by atoms with E-state index in [1.54, 1.807) is 44.2 Å². The lowest BCUT2D eigenvalue weighted by Crippen LogP contribution is -2.31. The number of carbonyl (C=O) groups is 2. The van der Waals surface area contributed by atoms with Gasteiger partial charge in [0.2, 0.25) is 0 Å². The van der Waals surface area contributed by atoms with Crippen LogP contribution < -0.4 is 9.62 Å². The summed E-state index contributed by atoms with van der Waals surface area (Å²) in [7, 11) is -3.89. The van der Waals surface area contributed by atoms with Gasteiger partial charge in [-0.05, 0) is 50.1 Å². The van der Waals surface area contributed by atoms with Crippen LogP contribution in [-0.4, -0.2) is 40.0 Å². The molecule has 0 unspecified atom stereocenters. The topological polar surface area (TPSA) is 92.8 Å². The maximum Gasteiger partial charge on any atom is 0.338 e. The Morgan fingerprint density at radius 2 is 1.76 bits per heavy atom. The first-order valence-corrected chi connectivity index (χ1v) is 10.9. The number of esters is 1. The van der Waals surface area contributed by atoms with Gasteiger partial charge in [-0.25, -0.2) is 13.2 Å². The molecule has 0 aliphatic rings. The highest BCUT2D eigenvalue weighted by Gasteiger charge is 2.26. The van der Waals surface area contributed by atoms with Gasteiger partial charge in [0.25, 0.3) is 15.9 Å². The van der Waals surface area contributed by atoms with Crippen LogP contribution in [0.15, 0.2) is 53.4 Å². The molecule has 0 saturated heterocycles. The van der Waals surface area contributed by atoms with Crippen LogP contribution in [0.25, 0.3) is 0 Å². The molecule has 8 heteroatoms. The number of nitrogens with zero attached hydrogens (tertiary/aromatic N) is 1. The van der Waals surface area contributed by atoms with Crippen LogP contribution >= 0.6 is 0 Å². The third-order valence-electron chi connectivity index (χ3n) is 4.23. The van der Waals surface area contributed by atoms with Crippen molar-refractivity contribution in [1.82, 2.24) is 5.32 Å². The first-order chi connectivity index (χ1) is 13.8. The van der Waals surface area contributed by atoms with Crippen molar-refractivity contribution in [3.63, 3.8) is 0 Å². The third kappa shape index (κ3) is 5.57. The van der Waals surface area contributed by atoms with Gasteiger partial charge in [-0.2, -0.15) is 0 Å². The van der Waals surface area contributed by atoms with Gasteiger partial charge in [0.15, 0.2) is 6.61 Å². The summed E-state index contributed by atoms with van der Waals surface area (Å²) < 4.78 is 32.8. The molecule has 2 rings (SSSR count). The van der Waals surface area contributed by atoms with E-state index in [2.05, 4.69) is 5.32 Å². The average molecular weight is 419 g/mol. The number of hydrogen-bond donors (Lipinski definition) is 1. The molecule has 2 aromatic rings. The largest absolute Gasteiger partial charge is 0.452 e. The minimum atomic E-state index is -3.89. The summed E-state index contributed by atoms with van der Waals surface area (Å²) >= 11 is 0. The third-order valence-corrected chi connectivity index (χ3v) is 6.27. The maximum absolute atomic E-state index is 13.3. The standard InChI is InChI=1S/C21H26N2O5S/c1-4-13-22-20(24)15-28-21(25)17-12-11-16(3)19(14-17)29(26,27)23(5-2)18-9-7-6-8-10-18/h6-12,14H,4-5,13,15H2,1-3H3,(H,22,24). The van der Waals surface area contributed by atoms with Crippen LogP contribution in [0.3, 0.4) is 0 Å². The molecule has 0 fully saturated rings. The highest BCUT2D eigenvalue weighted by molar-refractivity contribution is 7.92. The minimum Gasteiger partial charge on any atom is -0.452 e. The molecule has 0 bridgehead atoms. The summed E-state index contributed by atoms with van der Waals surface area (Å²) in [5, 5.41) is 2.61. The van der Waals surface area contributed by atoms with Gasteiger partial charge in [0, 0.05) is 13.1 Å². The van der Waals surface area contributed by atoms with Crippen LogP contribution in [0.5, 0.6) is 0 Å². The molecular weight excluding hydrogens is 392 g/mol. The molecule has 0 heterocycles. The van der Waals surface area contributed by atoms with E-state index in [1.807, 2.05) is 13.0 Å². The molecule has 0 radical (unpaired) electrons. The summed E-state index contributed by atoms with van der Waals surface area (Å²) in [4.78, 5) is 23.9. The average Bonchev–Trinajstić information content (AvgIpc) is 2.71. The smallest absolute Gasteiger partial charge is 0.338 e. The lowest BCUT2D eigenvalue weighted by Gasteiger charge is -2.24. The number of hydrogen-bond acceptors (Lipinski definition) is 5. The molecule has 0 aromatic heterocycles. The predicted molar refractivity (Wildman–Crippen MR) is 111 cm³/mol. The van der Waals surface area contributed by atoms with Crippen molar-refractivity contribution >= 4 is 27.6 Å². The summed E-state index contributed by atoms with van der Waals surface area (Å²) in [6, 6.07) is 13.1. The van der Waals surface area contributed by atoms with Crippen LogP contribution in [0.1, 0.15) is 36.2 Å². The van der Waals surface area contributed by atoms with Gasteiger partial charge in [0.1, 0.15) is 0 Å². The van der Waals surface area contributed by atoms with E-state index in [0.717, 1.165) is 6.42 Å². The normalized spacial score (nSPS) is 11.0. The van der Waals surface area contributed by atoms with Gasteiger partial charge in [-0.1, -0.05) is 31.2 Å². The monoisotopic (exact) mass is 418 g/mol. The van der Waals surface area contributed by atoms with Crippen LogP contribution in [0, 0.1) is 6.92 Å². The van der Waals surface area contributed by atoms with E-state index in [0.29, 0.717) is 17.8 Å². The molecule has 2 aromatic carbocycles. The summed E-state index contributed by atoms with van der Waals surface area (Å²) in [6.07, 6.45) is 0.772. The van der Waals surface area contributed by atoms with Crippen molar-refractivity contribution in [2.24, 2.45) is 0 Å². The molecule has 0 spiro atoms. The number of para-hydroxylation sites is 1. The van der Waals surface area contributed by atoms with Gasteiger partial charge in [-0.15, -0.1) is 0 Å². The predicted octanol–water partition coefficient (Wildman–Crippen LogP) is 2.89. The number of rotatable bonds is 9. The summed E-state index contributed by atoms with van der Waals surface area (Å²) in [5.74, 6) is -1.16. The Kier molecular flexibility index (Phi) is 7.78. The highest BCUT2D eigenvalue weighted by atomic mass is 32.2. The van der Waals surface area contributed by atoms with Gasteiger partial charge in [0.05, 0.1) is 16.1 Å². The van der Waals surface area contributed by atoms with E-state index in [4.69, 9.17) is 4.74 Å². The summed E-state index contributed by atoms with van der Waals surface area (Å²) in [6.45, 7) is 5.63. The van der Waals surface area contributed by atoms with Crippen molar-refractivity contribution in [2.45, 2.75) is 32.1 Å². The number of anilines is 1. The van der Waals surface area contributed by atoms with E-state index >= 15 is 0 Å². The fourth-order valence-corrected chi connectivity index (χ4v) is 4.47. The van der Waals surface area contributed by atoms with Gasteiger partial charge >= 0.3 is 5.97 Å². The molecule has 7 nitrogen and oxygen atoms in total.